The van der Waals surface area contributed by atoms with E-state index in [-0.39, 0.29) is 5.91 Å². The van der Waals surface area contributed by atoms with E-state index < -0.39 is 0 Å². The molecule has 0 aliphatic carbocycles. The van der Waals surface area contributed by atoms with Crippen LogP contribution in [-0.2, 0) is 6.54 Å². The first kappa shape index (κ1) is 14.1. The zero-order chi connectivity index (χ0) is 13.8. The predicted octanol–water partition coefficient (Wildman–Crippen LogP) is 3.37. The smallest absolute Gasteiger partial charge is 0.252 e. The molecule has 0 spiro atoms. The van der Waals surface area contributed by atoms with Crippen LogP contribution in [0.4, 0.5) is 0 Å². The Morgan fingerprint density at radius 2 is 2.21 bits per heavy atom. The molecule has 0 aliphatic heterocycles. The average Bonchev–Trinajstić information content (AvgIpc) is 2.40. The van der Waals surface area contributed by atoms with Crippen molar-refractivity contribution in [3.8, 4) is 0 Å². The monoisotopic (exact) mass is 336 g/mol. The summed E-state index contributed by atoms with van der Waals surface area (Å²) in [7, 11) is 0. The third kappa shape index (κ3) is 3.58. The maximum absolute atomic E-state index is 12.1. The maximum Gasteiger partial charge on any atom is 0.252 e. The Labute approximate surface area is 126 Å². The van der Waals surface area contributed by atoms with E-state index in [0.717, 1.165) is 20.6 Å². The molecule has 19 heavy (non-hydrogen) atoms. The van der Waals surface area contributed by atoms with Gasteiger partial charge in [0.05, 0.1) is 17.8 Å². The molecule has 3 nitrogen and oxygen atoms in total. The summed E-state index contributed by atoms with van der Waals surface area (Å²) in [5.74, 6) is -0.146. The van der Waals surface area contributed by atoms with Gasteiger partial charge in [0.1, 0.15) is 0 Å². The van der Waals surface area contributed by atoms with Gasteiger partial charge >= 0.3 is 0 Å². The molecule has 1 heterocycles. The van der Waals surface area contributed by atoms with E-state index >= 15 is 0 Å². The summed E-state index contributed by atoms with van der Waals surface area (Å²) in [4.78, 5) is 17.1. The number of hydrogen-bond donors (Lipinski definition) is 2. The van der Waals surface area contributed by atoms with Gasteiger partial charge in [-0.1, -0.05) is 6.07 Å². The Bertz CT molecular complexity index is 616. The van der Waals surface area contributed by atoms with Crippen LogP contribution in [0.1, 0.15) is 21.6 Å². The Morgan fingerprint density at radius 3 is 2.95 bits per heavy atom. The topological polar surface area (TPSA) is 42.0 Å². The number of carbonyl (C=O) groups excluding carboxylic acids is 1. The Balaban J connectivity index is 2.10. The van der Waals surface area contributed by atoms with Crippen molar-refractivity contribution >= 4 is 34.5 Å². The van der Waals surface area contributed by atoms with Gasteiger partial charge in [-0.2, -0.15) is 0 Å². The highest BCUT2D eigenvalue weighted by atomic mass is 79.9. The van der Waals surface area contributed by atoms with Crippen LogP contribution in [0, 0.1) is 6.92 Å². The standard InChI is InChI=1S/C14H13BrN2OS/c1-9-3-2-6-16-13(9)8-17-14(18)11-7-10(19)4-5-12(11)15/h2-7,19H,8H2,1H3,(H,17,18). The van der Waals surface area contributed by atoms with E-state index in [2.05, 4.69) is 38.9 Å². The van der Waals surface area contributed by atoms with E-state index in [1.165, 1.54) is 0 Å². The van der Waals surface area contributed by atoms with Gasteiger partial charge < -0.3 is 5.32 Å². The van der Waals surface area contributed by atoms with Crippen molar-refractivity contribution in [1.29, 1.82) is 0 Å². The summed E-state index contributed by atoms with van der Waals surface area (Å²) in [6.07, 6.45) is 1.72. The molecule has 0 saturated carbocycles. The number of nitrogens with zero attached hydrogens (tertiary/aromatic N) is 1. The summed E-state index contributed by atoms with van der Waals surface area (Å²) < 4.78 is 0.751. The van der Waals surface area contributed by atoms with Crippen molar-refractivity contribution in [3.63, 3.8) is 0 Å². The fourth-order valence-electron chi connectivity index (χ4n) is 1.65. The fraction of sp³-hybridized carbons (Fsp3) is 0.143. The largest absolute Gasteiger partial charge is 0.346 e. The average molecular weight is 337 g/mol. The lowest BCUT2D eigenvalue weighted by Crippen LogP contribution is -2.24. The second kappa shape index (κ2) is 6.21. The van der Waals surface area contributed by atoms with Gasteiger partial charge in [0.2, 0.25) is 0 Å². The van der Waals surface area contributed by atoms with Crippen LogP contribution in [0.25, 0.3) is 0 Å². The minimum absolute atomic E-state index is 0.146. The molecule has 1 aromatic carbocycles. The molecule has 0 unspecified atom stereocenters. The lowest BCUT2D eigenvalue weighted by Gasteiger charge is -2.08. The van der Waals surface area contributed by atoms with Crippen LogP contribution in [0.3, 0.4) is 0 Å². The number of aromatic nitrogens is 1. The van der Waals surface area contributed by atoms with Gasteiger partial charge in [-0.3, -0.25) is 9.78 Å². The van der Waals surface area contributed by atoms with Crippen molar-refractivity contribution in [2.75, 3.05) is 0 Å². The summed E-state index contributed by atoms with van der Waals surface area (Å²) in [5.41, 5.74) is 2.50. The van der Waals surface area contributed by atoms with E-state index in [0.29, 0.717) is 12.1 Å². The molecular weight excluding hydrogens is 324 g/mol. The number of hydrogen-bond acceptors (Lipinski definition) is 3. The van der Waals surface area contributed by atoms with Crippen molar-refractivity contribution in [3.05, 3.63) is 57.8 Å². The van der Waals surface area contributed by atoms with E-state index in [9.17, 15) is 4.79 Å². The predicted molar refractivity (Wildman–Crippen MR) is 81.5 cm³/mol. The number of nitrogens with one attached hydrogen (secondary N) is 1. The van der Waals surface area contributed by atoms with E-state index in [4.69, 9.17) is 0 Å². The molecular formula is C14H13BrN2OS. The Morgan fingerprint density at radius 1 is 1.42 bits per heavy atom. The molecule has 2 rings (SSSR count). The molecule has 98 valence electrons. The quantitative estimate of drug-likeness (QED) is 0.844. The van der Waals surface area contributed by atoms with Crippen molar-refractivity contribution in [1.82, 2.24) is 10.3 Å². The molecule has 0 bridgehead atoms. The molecule has 0 atom stereocenters. The highest BCUT2D eigenvalue weighted by Gasteiger charge is 2.10. The summed E-state index contributed by atoms with van der Waals surface area (Å²) in [6.45, 7) is 2.38. The Hall–Kier alpha value is -1.33. The molecule has 0 saturated heterocycles. The number of benzene rings is 1. The van der Waals surface area contributed by atoms with Crippen molar-refractivity contribution in [2.24, 2.45) is 0 Å². The minimum Gasteiger partial charge on any atom is -0.346 e. The number of rotatable bonds is 3. The first-order chi connectivity index (χ1) is 9.08. The van der Waals surface area contributed by atoms with Crippen LogP contribution < -0.4 is 5.32 Å². The van der Waals surface area contributed by atoms with E-state index in [1.807, 2.05) is 31.2 Å². The van der Waals surface area contributed by atoms with Gasteiger partial charge in [0.15, 0.2) is 0 Å². The normalized spacial score (nSPS) is 10.3. The number of halogens is 1. The highest BCUT2D eigenvalue weighted by molar-refractivity contribution is 9.10. The van der Waals surface area contributed by atoms with Crippen LogP contribution in [0.15, 0.2) is 45.9 Å². The first-order valence-electron chi connectivity index (χ1n) is 5.75. The maximum atomic E-state index is 12.1. The summed E-state index contributed by atoms with van der Waals surface area (Å²) in [5, 5.41) is 2.86. The van der Waals surface area contributed by atoms with E-state index in [1.54, 1.807) is 12.3 Å². The highest BCUT2D eigenvalue weighted by Crippen LogP contribution is 2.20. The van der Waals surface area contributed by atoms with Gasteiger partial charge in [-0.25, -0.2) is 0 Å². The Kier molecular flexibility index (Phi) is 4.61. The molecule has 0 radical (unpaired) electrons. The molecule has 1 N–H and O–H groups in total. The first-order valence-corrected chi connectivity index (χ1v) is 6.99. The third-order valence-corrected chi connectivity index (χ3v) is 3.70. The zero-order valence-electron chi connectivity index (χ0n) is 10.4. The lowest BCUT2D eigenvalue weighted by molar-refractivity contribution is 0.0949. The number of aryl methyl sites for hydroxylation is 1. The van der Waals surface area contributed by atoms with Crippen LogP contribution in [-0.4, -0.2) is 10.9 Å². The SMILES string of the molecule is Cc1cccnc1CNC(=O)c1cc(S)ccc1Br. The number of amides is 1. The van der Waals surface area contributed by atoms with Crippen LogP contribution in [0.5, 0.6) is 0 Å². The summed E-state index contributed by atoms with van der Waals surface area (Å²) >= 11 is 7.60. The van der Waals surface area contributed by atoms with Crippen molar-refractivity contribution < 1.29 is 4.79 Å². The number of thiol groups is 1. The second-order valence-corrected chi connectivity index (χ2v) is 5.48. The molecule has 5 heteroatoms. The zero-order valence-corrected chi connectivity index (χ0v) is 12.8. The molecule has 0 fully saturated rings. The molecule has 1 aromatic heterocycles. The minimum atomic E-state index is -0.146. The second-order valence-electron chi connectivity index (χ2n) is 4.11. The van der Waals surface area contributed by atoms with Gasteiger partial charge in [0, 0.05) is 15.6 Å². The molecule has 0 aliphatic rings. The van der Waals surface area contributed by atoms with Gasteiger partial charge in [-0.15, -0.1) is 12.6 Å². The molecule has 1 amide bonds. The van der Waals surface area contributed by atoms with Crippen LogP contribution >= 0.6 is 28.6 Å². The van der Waals surface area contributed by atoms with Crippen molar-refractivity contribution in [2.45, 2.75) is 18.4 Å². The number of pyridine rings is 1. The fourth-order valence-corrected chi connectivity index (χ4v) is 2.28. The lowest BCUT2D eigenvalue weighted by atomic mass is 10.2. The van der Waals surface area contributed by atoms with Crippen LogP contribution in [0.2, 0.25) is 0 Å². The van der Waals surface area contributed by atoms with Gasteiger partial charge in [0.25, 0.3) is 5.91 Å². The number of carbonyl (C=O) groups is 1. The molecule has 2 aromatic rings. The van der Waals surface area contributed by atoms with Gasteiger partial charge in [-0.05, 0) is 52.7 Å². The summed E-state index contributed by atoms with van der Waals surface area (Å²) in [6, 6.07) is 9.21. The third-order valence-electron chi connectivity index (χ3n) is 2.73.